The molecule has 1 unspecified atom stereocenters. The minimum Gasteiger partial charge on any atom is -0.464 e. The van der Waals surface area contributed by atoms with Crippen LogP contribution in [0, 0.1) is 6.92 Å². The van der Waals surface area contributed by atoms with Crippen molar-refractivity contribution in [3.8, 4) is 0 Å². The lowest BCUT2D eigenvalue weighted by molar-refractivity contribution is 0.229. The number of benzene rings is 3. The number of para-hydroxylation sites is 1. The Balaban J connectivity index is 1.82. The summed E-state index contributed by atoms with van der Waals surface area (Å²) in [7, 11) is 0. The molecule has 0 amide bonds. The van der Waals surface area contributed by atoms with Gasteiger partial charge in [-0.2, -0.15) is 0 Å². The Morgan fingerprint density at radius 1 is 0.783 bits per heavy atom. The molecule has 23 heavy (non-hydrogen) atoms. The Bertz CT molecular complexity index is 851. The summed E-state index contributed by atoms with van der Waals surface area (Å²) in [6, 6.07) is 26.7. The van der Waals surface area contributed by atoms with Crippen molar-refractivity contribution in [1.29, 1.82) is 0 Å². The lowest BCUT2D eigenvalue weighted by atomic mass is 9.97. The zero-order valence-corrected chi connectivity index (χ0v) is 12.9. The summed E-state index contributed by atoms with van der Waals surface area (Å²) in [5.74, 6) is 0.676. The number of fused-ring (bicyclic) bond motifs is 1. The van der Waals surface area contributed by atoms with E-state index in [-0.39, 0.29) is 6.10 Å². The fourth-order valence-corrected chi connectivity index (χ4v) is 2.82. The van der Waals surface area contributed by atoms with Gasteiger partial charge in [-0.25, -0.2) is 4.99 Å². The first-order valence-corrected chi connectivity index (χ1v) is 7.77. The van der Waals surface area contributed by atoms with E-state index in [1.807, 2.05) is 48.5 Å². The highest BCUT2D eigenvalue weighted by Gasteiger charge is 2.25. The zero-order valence-electron chi connectivity index (χ0n) is 12.9. The minimum atomic E-state index is -0.125. The average Bonchev–Trinajstić information content (AvgIpc) is 2.62. The van der Waals surface area contributed by atoms with Crippen LogP contribution in [0.1, 0.15) is 28.4 Å². The van der Waals surface area contributed by atoms with Gasteiger partial charge in [0, 0.05) is 11.1 Å². The van der Waals surface area contributed by atoms with E-state index in [4.69, 9.17) is 9.73 Å². The van der Waals surface area contributed by atoms with E-state index < -0.39 is 0 Å². The summed E-state index contributed by atoms with van der Waals surface area (Å²) in [6.07, 6.45) is -0.125. The number of nitrogens with zero attached hydrogens (tertiary/aromatic N) is 1. The Morgan fingerprint density at radius 2 is 1.48 bits per heavy atom. The predicted molar refractivity (Wildman–Crippen MR) is 93.2 cm³/mol. The van der Waals surface area contributed by atoms with Crippen molar-refractivity contribution >= 4 is 11.6 Å². The van der Waals surface area contributed by atoms with E-state index in [0.717, 1.165) is 22.4 Å². The maximum absolute atomic E-state index is 6.27. The summed E-state index contributed by atoms with van der Waals surface area (Å²) in [4.78, 5) is 4.70. The molecule has 1 atom stereocenters. The molecular formula is C21H17NO. The van der Waals surface area contributed by atoms with Crippen LogP contribution in [0.2, 0.25) is 0 Å². The molecule has 1 heterocycles. The Kier molecular flexibility index (Phi) is 3.43. The van der Waals surface area contributed by atoms with Gasteiger partial charge in [-0.05, 0) is 30.7 Å². The van der Waals surface area contributed by atoms with Gasteiger partial charge in [-0.1, -0.05) is 66.2 Å². The zero-order chi connectivity index (χ0) is 15.6. The number of hydrogen-bond donors (Lipinski definition) is 0. The van der Waals surface area contributed by atoms with E-state index in [9.17, 15) is 0 Å². The first-order valence-electron chi connectivity index (χ1n) is 7.77. The van der Waals surface area contributed by atoms with Crippen LogP contribution in [-0.4, -0.2) is 5.90 Å². The quantitative estimate of drug-likeness (QED) is 0.638. The van der Waals surface area contributed by atoms with Crippen LogP contribution in [-0.2, 0) is 4.74 Å². The fourth-order valence-electron chi connectivity index (χ4n) is 2.82. The van der Waals surface area contributed by atoms with E-state index >= 15 is 0 Å². The molecule has 112 valence electrons. The Morgan fingerprint density at radius 3 is 2.26 bits per heavy atom. The van der Waals surface area contributed by atoms with E-state index in [1.54, 1.807) is 0 Å². The molecule has 3 aromatic rings. The van der Waals surface area contributed by atoms with Crippen molar-refractivity contribution < 1.29 is 4.74 Å². The van der Waals surface area contributed by atoms with E-state index in [0.29, 0.717) is 5.90 Å². The maximum atomic E-state index is 6.27. The van der Waals surface area contributed by atoms with Crippen molar-refractivity contribution in [2.75, 3.05) is 0 Å². The van der Waals surface area contributed by atoms with E-state index in [2.05, 4.69) is 37.3 Å². The molecule has 0 spiro atoms. The SMILES string of the molecule is Cc1ccc(C2OC(c3ccccc3)=Nc3ccccc32)cc1. The summed E-state index contributed by atoms with van der Waals surface area (Å²) >= 11 is 0. The third-order valence-electron chi connectivity index (χ3n) is 4.07. The second kappa shape index (κ2) is 5.73. The standard InChI is InChI=1S/C21H17NO/c1-15-11-13-16(14-12-15)20-18-9-5-6-10-19(18)22-21(23-20)17-7-3-2-4-8-17/h2-14,20H,1H3. The van der Waals surface area contributed by atoms with Gasteiger partial charge in [0.1, 0.15) is 0 Å². The molecule has 0 saturated heterocycles. The van der Waals surface area contributed by atoms with Crippen LogP contribution in [0.5, 0.6) is 0 Å². The Hall–Kier alpha value is -2.87. The van der Waals surface area contributed by atoms with Crippen LogP contribution in [0.3, 0.4) is 0 Å². The lowest BCUT2D eigenvalue weighted by Gasteiger charge is -2.26. The van der Waals surface area contributed by atoms with Gasteiger partial charge in [-0.3, -0.25) is 0 Å². The molecule has 0 N–H and O–H groups in total. The van der Waals surface area contributed by atoms with Gasteiger partial charge in [-0.15, -0.1) is 0 Å². The fraction of sp³-hybridized carbons (Fsp3) is 0.0952. The average molecular weight is 299 g/mol. The van der Waals surface area contributed by atoms with Crippen molar-refractivity contribution in [3.05, 3.63) is 101 Å². The van der Waals surface area contributed by atoms with Crippen LogP contribution < -0.4 is 0 Å². The van der Waals surface area contributed by atoms with E-state index in [1.165, 1.54) is 5.56 Å². The number of rotatable bonds is 2. The molecule has 4 rings (SSSR count). The van der Waals surface area contributed by atoms with Crippen molar-refractivity contribution in [2.24, 2.45) is 4.99 Å². The van der Waals surface area contributed by atoms with Crippen molar-refractivity contribution in [3.63, 3.8) is 0 Å². The lowest BCUT2D eigenvalue weighted by Crippen LogP contribution is -2.17. The van der Waals surface area contributed by atoms with Crippen LogP contribution in [0.4, 0.5) is 5.69 Å². The normalized spacial score (nSPS) is 16.2. The summed E-state index contributed by atoms with van der Waals surface area (Å²) in [6.45, 7) is 2.09. The molecule has 1 aliphatic heterocycles. The molecule has 0 fully saturated rings. The smallest absolute Gasteiger partial charge is 0.222 e. The van der Waals surface area contributed by atoms with Gasteiger partial charge in [0.2, 0.25) is 5.90 Å². The van der Waals surface area contributed by atoms with Crippen LogP contribution in [0.15, 0.2) is 83.9 Å². The first-order chi connectivity index (χ1) is 11.3. The third kappa shape index (κ3) is 2.64. The number of aliphatic imine (C=N–C) groups is 1. The van der Waals surface area contributed by atoms with Gasteiger partial charge >= 0.3 is 0 Å². The Labute approximate surface area is 136 Å². The molecular weight excluding hydrogens is 282 g/mol. The number of hydrogen-bond acceptors (Lipinski definition) is 2. The number of aryl methyl sites for hydroxylation is 1. The summed E-state index contributed by atoms with van der Waals surface area (Å²) < 4.78 is 6.27. The molecule has 3 aromatic carbocycles. The maximum Gasteiger partial charge on any atom is 0.222 e. The number of ether oxygens (including phenoxy) is 1. The molecule has 2 nitrogen and oxygen atoms in total. The van der Waals surface area contributed by atoms with Crippen molar-refractivity contribution in [1.82, 2.24) is 0 Å². The highest BCUT2D eigenvalue weighted by Crippen LogP contribution is 2.38. The second-order valence-corrected chi connectivity index (χ2v) is 5.75. The van der Waals surface area contributed by atoms with Gasteiger partial charge in [0.15, 0.2) is 6.10 Å². The monoisotopic (exact) mass is 299 g/mol. The largest absolute Gasteiger partial charge is 0.464 e. The van der Waals surface area contributed by atoms with Gasteiger partial charge in [0.05, 0.1) is 5.69 Å². The summed E-state index contributed by atoms with van der Waals surface area (Å²) in [5.41, 5.74) is 5.47. The molecule has 0 bridgehead atoms. The molecule has 0 saturated carbocycles. The molecule has 0 aromatic heterocycles. The van der Waals surface area contributed by atoms with Gasteiger partial charge < -0.3 is 4.74 Å². The molecule has 0 radical (unpaired) electrons. The molecule has 1 aliphatic rings. The van der Waals surface area contributed by atoms with Crippen molar-refractivity contribution in [2.45, 2.75) is 13.0 Å². The van der Waals surface area contributed by atoms with Gasteiger partial charge in [0.25, 0.3) is 0 Å². The predicted octanol–water partition coefficient (Wildman–Crippen LogP) is 5.19. The topological polar surface area (TPSA) is 21.6 Å². The molecule has 2 heteroatoms. The van der Waals surface area contributed by atoms with Crippen LogP contribution in [0.25, 0.3) is 0 Å². The molecule has 0 aliphatic carbocycles. The third-order valence-corrected chi connectivity index (χ3v) is 4.07. The first kappa shape index (κ1) is 13.8. The summed E-state index contributed by atoms with van der Waals surface area (Å²) in [5, 5.41) is 0. The second-order valence-electron chi connectivity index (χ2n) is 5.75. The minimum absolute atomic E-state index is 0.125. The van der Waals surface area contributed by atoms with Crippen LogP contribution >= 0.6 is 0 Å². The highest BCUT2D eigenvalue weighted by molar-refractivity contribution is 5.97. The highest BCUT2D eigenvalue weighted by atomic mass is 16.5.